The molecule has 4 N–H and O–H groups in total. The van der Waals surface area contributed by atoms with Crippen LogP contribution in [0.5, 0.6) is 0 Å². The van der Waals surface area contributed by atoms with Crippen LogP contribution in [0.25, 0.3) is 0 Å². The predicted molar refractivity (Wildman–Crippen MR) is 235 cm³/mol. The summed E-state index contributed by atoms with van der Waals surface area (Å²) in [6.45, 7) is 3.64. The van der Waals surface area contributed by atoms with Gasteiger partial charge in [-0.1, -0.05) is 144 Å². The first kappa shape index (κ1) is 54.2. The van der Waals surface area contributed by atoms with Crippen LogP contribution in [-0.4, -0.2) is 60.5 Å². The molecule has 326 valence electrons. The minimum atomic E-state index is -4.64. The summed E-state index contributed by atoms with van der Waals surface area (Å²) in [7, 11) is -4.64. The summed E-state index contributed by atoms with van der Waals surface area (Å²) < 4.78 is 33.3. The van der Waals surface area contributed by atoms with Crippen LogP contribution in [0.4, 0.5) is 0 Å². The van der Waals surface area contributed by atoms with Gasteiger partial charge >= 0.3 is 19.8 Å². The minimum absolute atomic E-state index is 0.0121. The van der Waals surface area contributed by atoms with Crippen molar-refractivity contribution in [2.24, 2.45) is 5.73 Å². The number of phosphoric ester groups is 1. The molecular formula is C46H78NO9P. The summed E-state index contributed by atoms with van der Waals surface area (Å²) in [5, 5.41) is 8.89. The lowest BCUT2D eigenvalue weighted by Gasteiger charge is -2.20. The monoisotopic (exact) mass is 820 g/mol. The van der Waals surface area contributed by atoms with Gasteiger partial charge in [0.15, 0.2) is 0 Å². The molecule has 0 saturated carbocycles. The first-order valence-electron chi connectivity index (χ1n) is 21.6. The number of carboxylic acids is 1. The predicted octanol–water partition coefficient (Wildman–Crippen LogP) is 12.0. The van der Waals surface area contributed by atoms with Gasteiger partial charge in [0.25, 0.3) is 0 Å². The second kappa shape index (κ2) is 41.3. The molecule has 3 unspecified atom stereocenters. The zero-order valence-electron chi connectivity index (χ0n) is 35.4. The largest absolute Gasteiger partial charge is 0.480 e. The highest BCUT2D eigenvalue weighted by atomic mass is 31.2. The summed E-state index contributed by atoms with van der Waals surface area (Å²) in [5.41, 5.74) is 5.35. The fourth-order valence-corrected chi connectivity index (χ4v) is 6.08. The highest BCUT2D eigenvalue weighted by molar-refractivity contribution is 7.47. The molecule has 0 rings (SSSR count). The number of carbonyl (C=O) groups excluding carboxylic acids is 1. The van der Waals surface area contributed by atoms with E-state index in [2.05, 4.69) is 98.9 Å². The van der Waals surface area contributed by atoms with Crippen LogP contribution < -0.4 is 5.73 Å². The molecule has 0 aliphatic carbocycles. The molecule has 0 aliphatic heterocycles. The molecule has 10 nitrogen and oxygen atoms in total. The van der Waals surface area contributed by atoms with Gasteiger partial charge in [0.1, 0.15) is 12.1 Å². The Labute approximate surface area is 346 Å². The van der Waals surface area contributed by atoms with Crippen molar-refractivity contribution in [2.75, 3.05) is 26.4 Å². The summed E-state index contributed by atoms with van der Waals surface area (Å²) in [6.07, 6.45) is 52.1. The van der Waals surface area contributed by atoms with E-state index in [4.69, 9.17) is 29.4 Å². The van der Waals surface area contributed by atoms with Gasteiger partial charge in [0, 0.05) is 13.0 Å². The molecule has 0 amide bonds. The Bertz CT molecular complexity index is 1220. The number of rotatable bonds is 40. The number of phosphoric acid groups is 1. The summed E-state index contributed by atoms with van der Waals surface area (Å²) in [4.78, 5) is 33.5. The highest BCUT2D eigenvalue weighted by Gasteiger charge is 2.27. The van der Waals surface area contributed by atoms with Crippen LogP contribution in [0.15, 0.2) is 85.1 Å². The fraction of sp³-hybridized carbons (Fsp3) is 0.652. The molecule has 0 fully saturated rings. The third-order valence-electron chi connectivity index (χ3n) is 8.66. The van der Waals surface area contributed by atoms with Crippen molar-refractivity contribution in [1.82, 2.24) is 0 Å². The molecule has 0 radical (unpaired) electrons. The highest BCUT2D eigenvalue weighted by Crippen LogP contribution is 2.43. The molecule has 0 saturated heterocycles. The number of carbonyl (C=O) groups is 2. The van der Waals surface area contributed by atoms with Gasteiger partial charge < -0.3 is 25.2 Å². The van der Waals surface area contributed by atoms with Crippen molar-refractivity contribution in [3.63, 3.8) is 0 Å². The van der Waals surface area contributed by atoms with E-state index in [1.54, 1.807) is 0 Å². The number of carboxylic acid groups (broad SMARTS) is 1. The number of allylic oxidation sites excluding steroid dienone is 14. The quantitative estimate of drug-likeness (QED) is 0.0235. The van der Waals surface area contributed by atoms with E-state index < -0.39 is 45.1 Å². The molecule has 11 heteroatoms. The molecular weight excluding hydrogens is 741 g/mol. The summed E-state index contributed by atoms with van der Waals surface area (Å²) in [5.74, 6) is -1.83. The maximum Gasteiger partial charge on any atom is 0.472 e. The Balaban J connectivity index is 4.33. The van der Waals surface area contributed by atoms with Crippen molar-refractivity contribution in [1.29, 1.82) is 0 Å². The summed E-state index contributed by atoms with van der Waals surface area (Å²) in [6, 6.07) is -1.49. The first-order chi connectivity index (χ1) is 27.7. The Kier molecular flexibility index (Phi) is 39.2. The van der Waals surface area contributed by atoms with Gasteiger partial charge in [-0.15, -0.1) is 0 Å². The smallest absolute Gasteiger partial charge is 0.472 e. The van der Waals surface area contributed by atoms with Crippen molar-refractivity contribution in [2.45, 2.75) is 167 Å². The Hall–Kier alpha value is -2.85. The molecule has 3 atom stereocenters. The van der Waals surface area contributed by atoms with Gasteiger partial charge in [0.05, 0.1) is 19.8 Å². The van der Waals surface area contributed by atoms with Gasteiger partial charge in [-0.25, -0.2) is 4.57 Å². The lowest BCUT2D eigenvalue weighted by molar-refractivity contribution is -0.154. The molecule has 0 aromatic heterocycles. The van der Waals surface area contributed by atoms with E-state index in [1.165, 1.54) is 51.4 Å². The van der Waals surface area contributed by atoms with Gasteiger partial charge in [-0.3, -0.25) is 18.6 Å². The number of esters is 1. The first-order valence-corrected chi connectivity index (χ1v) is 23.1. The van der Waals surface area contributed by atoms with Crippen molar-refractivity contribution < 1.29 is 42.7 Å². The number of hydrogen-bond donors (Lipinski definition) is 3. The van der Waals surface area contributed by atoms with Crippen LogP contribution in [0, 0.1) is 0 Å². The standard InChI is InChI=1S/C46H78NO9P/c1-3-5-7-9-11-13-15-17-19-20-21-22-23-25-27-29-31-33-35-37-39-53-40-43(41-54-57(51,52)55-42-44(47)46(49)50)56-45(48)38-36-34-32-30-28-26-24-18-16-14-12-10-8-6-4-2/h6,8,11-14,17-19,21-22,24,28,30,43-44H,3-5,7,9-10,15-16,20,23,25-27,29,31-42,47H2,1-2H3,(H,49,50)(H,51,52)/b8-6-,13-11-,14-12-,19-17-,22-21-,24-18-,30-28-. The molecule has 0 aromatic rings. The maximum absolute atomic E-state index is 12.6. The van der Waals surface area contributed by atoms with Gasteiger partial charge in [0.2, 0.25) is 0 Å². The van der Waals surface area contributed by atoms with E-state index in [0.717, 1.165) is 77.0 Å². The molecule has 0 aromatic carbocycles. The fourth-order valence-electron chi connectivity index (χ4n) is 5.31. The molecule has 0 aliphatic rings. The van der Waals surface area contributed by atoms with Crippen LogP contribution in [0.3, 0.4) is 0 Å². The number of hydrogen-bond acceptors (Lipinski definition) is 8. The van der Waals surface area contributed by atoms with Crippen molar-refractivity contribution in [3.8, 4) is 0 Å². The van der Waals surface area contributed by atoms with E-state index in [0.29, 0.717) is 13.0 Å². The van der Waals surface area contributed by atoms with Crippen LogP contribution in [0.1, 0.15) is 155 Å². The number of aliphatic carboxylic acids is 1. The van der Waals surface area contributed by atoms with E-state index in [-0.39, 0.29) is 13.0 Å². The SMILES string of the molecule is CC/C=C\C/C=C\C/C=C\C/C=C\CCCCC(=O)OC(COCCCCCCCCC/C=C\C/C=C\C/C=C\CCCCC)COP(=O)(O)OCC(N)C(=O)O. The third-order valence-corrected chi connectivity index (χ3v) is 9.61. The Morgan fingerprint density at radius 3 is 1.53 bits per heavy atom. The lowest BCUT2D eigenvalue weighted by Crippen LogP contribution is -2.34. The topological polar surface area (TPSA) is 155 Å². The lowest BCUT2D eigenvalue weighted by atomic mass is 10.1. The van der Waals surface area contributed by atoms with Crippen LogP contribution in [-0.2, 0) is 32.7 Å². The third kappa shape index (κ3) is 41.1. The second-order valence-corrected chi connectivity index (χ2v) is 15.5. The normalized spacial score (nSPS) is 14.7. The molecule has 57 heavy (non-hydrogen) atoms. The minimum Gasteiger partial charge on any atom is -0.480 e. The second-order valence-electron chi connectivity index (χ2n) is 14.1. The average Bonchev–Trinajstić information content (AvgIpc) is 3.19. The number of unbranched alkanes of at least 4 members (excludes halogenated alkanes) is 12. The molecule has 0 heterocycles. The summed E-state index contributed by atoms with van der Waals surface area (Å²) >= 11 is 0. The average molecular weight is 820 g/mol. The number of ether oxygens (including phenoxy) is 2. The maximum atomic E-state index is 12.6. The Morgan fingerprint density at radius 1 is 0.579 bits per heavy atom. The van der Waals surface area contributed by atoms with Gasteiger partial charge in [-0.2, -0.15) is 0 Å². The van der Waals surface area contributed by atoms with Crippen molar-refractivity contribution in [3.05, 3.63) is 85.1 Å². The van der Waals surface area contributed by atoms with E-state index in [9.17, 15) is 19.0 Å². The zero-order valence-corrected chi connectivity index (χ0v) is 36.3. The molecule has 0 bridgehead atoms. The number of nitrogens with two attached hydrogens (primary N) is 1. The molecule has 0 spiro atoms. The van der Waals surface area contributed by atoms with Gasteiger partial charge in [-0.05, 0) is 89.9 Å². The van der Waals surface area contributed by atoms with E-state index >= 15 is 0 Å². The van der Waals surface area contributed by atoms with Crippen LogP contribution in [0.2, 0.25) is 0 Å². The van der Waals surface area contributed by atoms with Crippen molar-refractivity contribution >= 4 is 19.8 Å². The zero-order chi connectivity index (χ0) is 41.9. The van der Waals surface area contributed by atoms with Crippen LogP contribution >= 0.6 is 7.82 Å². The van der Waals surface area contributed by atoms with E-state index in [1.807, 2.05) is 0 Å². The Morgan fingerprint density at radius 2 is 1.02 bits per heavy atom.